The van der Waals surface area contributed by atoms with Crippen molar-refractivity contribution >= 4 is 12.1 Å². The van der Waals surface area contributed by atoms with E-state index < -0.39 is 24.3 Å². The van der Waals surface area contributed by atoms with Gasteiger partial charge in [0.25, 0.3) is 0 Å². The van der Waals surface area contributed by atoms with Crippen LogP contribution in [0, 0.1) is 0 Å². The molecular formula is C16H22N2O5. The molecule has 0 spiro atoms. The van der Waals surface area contributed by atoms with Crippen molar-refractivity contribution in [2.75, 3.05) is 26.3 Å². The molecule has 0 aromatic heterocycles. The van der Waals surface area contributed by atoms with Gasteiger partial charge in [-0.15, -0.1) is 0 Å². The van der Waals surface area contributed by atoms with Crippen molar-refractivity contribution in [1.82, 2.24) is 10.2 Å². The molecule has 1 saturated heterocycles. The van der Waals surface area contributed by atoms with Crippen LogP contribution >= 0.6 is 0 Å². The highest BCUT2D eigenvalue weighted by Gasteiger charge is 2.24. The Hall–Kier alpha value is -2.12. The average molecular weight is 322 g/mol. The molecule has 2 rings (SSSR count). The maximum atomic E-state index is 11.9. The molecule has 7 nitrogen and oxygen atoms in total. The molecular weight excluding hydrogens is 300 g/mol. The minimum atomic E-state index is -1.09. The number of carboxylic acids is 1. The zero-order chi connectivity index (χ0) is 16.7. The normalized spacial score (nSPS) is 18.0. The minimum Gasteiger partial charge on any atom is -0.480 e. The lowest BCUT2D eigenvalue weighted by molar-refractivity contribution is -0.139. The number of carboxylic acid groups (broad SMARTS) is 1. The predicted octanol–water partition coefficient (Wildman–Crippen LogP) is 1.09. The maximum Gasteiger partial charge on any atom is 0.409 e. The van der Waals surface area contributed by atoms with Crippen molar-refractivity contribution in [1.29, 1.82) is 0 Å². The second-order valence-corrected chi connectivity index (χ2v) is 5.38. The summed E-state index contributed by atoms with van der Waals surface area (Å²) >= 11 is 0. The molecule has 0 bridgehead atoms. The molecule has 0 radical (unpaired) electrons. The molecule has 2 N–H and O–H groups in total. The van der Waals surface area contributed by atoms with Crippen LogP contribution in [-0.4, -0.2) is 60.6 Å². The molecule has 1 aliphatic rings. The molecule has 2 atom stereocenters. The minimum absolute atomic E-state index is 0.206. The third-order valence-corrected chi connectivity index (χ3v) is 3.71. The first-order valence-electron chi connectivity index (χ1n) is 7.62. The summed E-state index contributed by atoms with van der Waals surface area (Å²) < 4.78 is 10.5. The predicted molar refractivity (Wildman–Crippen MR) is 83.0 cm³/mol. The smallest absolute Gasteiger partial charge is 0.409 e. The highest BCUT2D eigenvalue weighted by Crippen LogP contribution is 2.07. The summed E-state index contributed by atoms with van der Waals surface area (Å²) in [7, 11) is 0. The van der Waals surface area contributed by atoms with Crippen molar-refractivity contribution in [3.63, 3.8) is 0 Å². The number of alkyl carbamates (subject to hydrolysis) is 1. The second-order valence-electron chi connectivity index (χ2n) is 5.38. The highest BCUT2D eigenvalue weighted by atomic mass is 16.6. The fourth-order valence-corrected chi connectivity index (χ4v) is 2.40. The van der Waals surface area contributed by atoms with E-state index in [9.17, 15) is 14.7 Å². The van der Waals surface area contributed by atoms with Crippen LogP contribution < -0.4 is 5.32 Å². The largest absolute Gasteiger partial charge is 0.480 e. The number of nitrogens with one attached hydrogen (secondary N) is 1. The highest BCUT2D eigenvalue weighted by molar-refractivity contribution is 5.80. The number of aliphatic carboxylic acids is 1. The zero-order valence-electron chi connectivity index (χ0n) is 13.1. The standard InChI is InChI=1S/C16H22N2O5/c1-12(18-7-9-22-10-8-18)23-16(21)17-14(15(19)20)11-13-5-3-2-4-6-13/h2-6,12,14H,7-11H2,1H3,(H,17,21)(H,19,20). The molecule has 0 saturated carbocycles. The van der Waals surface area contributed by atoms with Gasteiger partial charge in [0.15, 0.2) is 6.23 Å². The van der Waals surface area contributed by atoms with Crippen molar-refractivity contribution in [3.8, 4) is 0 Å². The third kappa shape index (κ3) is 5.54. The van der Waals surface area contributed by atoms with Crippen molar-refractivity contribution in [3.05, 3.63) is 35.9 Å². The third-order valence-electron chi connectivity index (χ3n) is 3.71. The van der Waals surface area contributed by atoms with Crippen molar-refractivity contribution in [2.45, 2.75) is 25.6 Å². The number of rotatable bonds is 6. The van der Waals surface area contributed by atoms with Gasteiger partial charge in [0.05, 0.1) is 13.2 Å². The fourth-order valence-electron chi connectivity index (χ4n) is 2.40. The van der Waals surface area contributed by atoms with E-state index in [0.717, 1.165) is 5.56 Å². The number of morpholine rings is 1. The lowest BCUT2D eigenvalue weighted by atomic mass is 10.1. The van der Waals surface area contributed by atoms with Crippen LogP contribution in [0.5, 0.6) is 0 Å². The number of carbonyl (C=O) groups excluding carboxylic acids is 1. The summed E-state index contributed by atoms with van der Waals surface area (Å²) in [5, 5.41) is 11.7. The number of hydrogen-bond donors (Lipinski definition) is 2. The van der Waals surface area contributed by atoms with Crippen LogP contribution in [0.3, 0.4) is 0 Å². The van der Waals surface area contributed by atoms with E-state index in [0.29, 0.717) is 26.3 Å². The lowest BCUT2D eigenvalue weighted by Gasteiger charge is -2.31. The Kier molecular flexibility index (Phi) is 6.37. The molecule has 7 heteroatoms. The molecule has 2 unspecified atom stereocenters. The molecule has 1 aromatic rings. The van der Waals surface area contributed by atoms with Gasteiger partial charge in [-0.05, 0) is 12.5 Å². The van der Waals surface area contributed by atoms with Crippen LogP contribution in [-0.2, 0) is 20.7 Å². The van der Waals surface area contributed by atoms with Gasteiger partial charge in [-0.25, -0.2) is 9.59 Å². The van der Waals surface area contributed by atoms with E-state index in [1.54, 1.807) is 6.92 Å². The van der Waals surface area contributed by atoms with Gasteiger partial charge in [0.1, 0.15) is 6.04 Å². The molecule has 126 valence electrons. The van der Waals surface area contributed by atoms with E-state index in [2.05, 4.69) is 5.32 Å². The van der Waals surface area contributed by atoms with Crippen LogP contribution in [0.2, 0.25) is 0 Å². The monoisotopic (exact) mass is 322 g/mol. The summed E-state index contributed by atoms with van der Waals surface area (Å²) in [6.07, 6.45) is -0.950. The van der Waals surface area contributed by atoms with Crippen LogP contribution in [0.25, 0.3) is 0 Å². The Morgan fingerprint density at radius 2 is 1.96 bits per heavy atom. The molecule has 1 aromatic carbocycles. The van der Waals surface area contributed by atoms with Crippen LogP contribution in [0.4, 0.5) is 4.79 Å². The molecule has 1 heterocycles. The second kappa shape index (κ2) is 8.50. The Bertz CT molecular complexity index is 516. The van der Waals surface area contributed by atoms with Gasteiger partial charge in [0.2, 0.25) is 0 Å². The van der Waals surface area contributed by atoms with Crippen LogP contribution in [0.15, 0.2) is 30.3 Å². The van der Waals surface area contributed by atoms with Crippen LogP contribution in [0.1, 0.15) is 12.5 Å². The molecule has 23 heavy (non-hydrogen) atoms. The van der Waals surface area contributed by atoms with E-state index >= 15 is 0 Å². The Morgan fingerprint density at radius 3 is 2.57 bits per heavy atom. The molecule has 0 aliphatic carbocycles. The van der Waals surface area contributed by atoms with Gasteiger partial charge in [-0.3, -0.25) is 4.90 Å². The Labute approximate surface area is 135 Å². The van der Waals surface area contributed by atoms with E-state index in [4.69, 9.17) is 9.47 Å². The summed E-state index contributed by atoms with van der Waals surface area (Å²) in [5.74, 6) is -1.09. The fraction of sp³-hybridized carbons (Fsp3) is 0.500. The molecule has 1 fully saturated rings. The summed E-state index contributed by atoms with van der Waals surface area (Å²) in [5.41, 5.74) is 0.835. The Balaban J connectivity index is 1.86. The zero-order valence-corrected chi connectivity index (χ0v) is 13.1. The van der Waals surface area contributed by atoms with Gasteiger partial charge < -0.3 is 19.9 Å². The quantitative estimate of drug-likeness (QED) is 0.815. The number of carbonyl (C=O) groups is 2. The van der Waals surface area contributed by atoms with Gasteiger partial charge >= 0.3 is 12.1 Å². The first kappa shape index (κ1) is 17.2. The number of ether oxygens (including phenoxy) is 2. The summed E-state index contributed by atoms with van der Waals surface area (Å²) in [4.78, 5) is 25.2. The first-order chi connectivity index (χ1) is 11.1. The van der Waals surface area contributed by atoms with E-state index in [1.165, 1.54) is 0 Å². The lowest BCUT2D eigenvalue weighted by Crippen LogP contribution is -2.48. The Morgan fingerprint density at radius 1 is 1.30 bits per heavy atom. The average Bonchev–Trinajstić information content (AvgIpc) is 2.56. The van der Waals surface area contributed by atoms with E-state index in [1.807, 2.05) is 35.2 Å². The van der Waals surface area contributed by atoms with Crippen molar-refractivity contribution < 1.29 is 24.2 Å². The maximum absolute atomic E-state index is 11.9. The van der Waals surface area contributed by atoms with Gasteiger partial charge in [-0.1, -0.05) is 30.3 Å². The SMILES string of the molecule is CC(OC(=O)NC(Cc1ccccc1)C(=O)O)N1CCOCC1. The molecule has 1 aliphatic heterocycles. The number of nitrogens with zero attached hydrogens (tertiary/aromatic N) is 1. The first-order valence-corrected chi connectivity index (χ1v) is 7.62. The number of amides is 1. The van der Waals surface area contributed by atoms with Gasteiger partial charge in [0, 0.05) is 19.5 Å². The van der Waals surface area contributed by atoms with Crippen molar-refractivity contribution in [2.24, 2.45) is 0 Å². The van der Waals surface area contributed by atoms with E-state index in [-0.39, 0.29) is 6.42 Å². The summed E-state index contributed by atoms with van der Waals surface area (Å²) in [6, 6.07) is 8.12. The van der Waals surface area contributed by atoms with Gasteiger partial charge in [-0.2, -0.15) is 0 Å². The summed E-state index contributed by atoms with van der Waals surface area (Å²) in [6.45, 7) is 4.32. The molecule has 1 amide bonds. The number of benzene rings is 1. The topological polar surface area (TPSA) is 88.1 Å². The number of hydrogen-bond acceptors (Lipinski definition) is 5.